The van der Waals surface area contributed by atoms with Crippen LogP contribution in [-0.2, 0) is 19.7 Å². The predicted molar refractivity (Wildman–Crippen MR) is 61.5 cm³/mol. The smallest absolute Gasteiger partial charge is 0.151 e. The molecule has 0 aliphatic heterocycles. The molecule has 0 rings (SSSR count). The van der Waals surface area contributed by atoms with Crippen LogP contribution in [0.25, 0.3) is 0 Å². The van der Waals surface area contributed by atoms with Crippen LogP contribution in [0.2, 0.25) is 0 Å². The van der Waals surface area contributed by atoms with Crippen LogP contribution in [0.4, 0.5) is 0 Å². The van der Waals surface area contributed by atoms with Crippen LogP contribution >= 0.6 is 0 Å². The molecule has 0 aromatic heterocycles. The lowest BCUT2D eigenvalue weighted by Crippen LogP contribution is -2.36. The van der Waals surface area contributed by atoms with E-state index >= 15 is 0 Å². The summed E-state index contributed by atoms with van der Waals surface area (Å²) in [6.07, 6.45) is 1.16. The van der Waals surface area contributed by atoms with Crippen molar-refractivity contribution in [3.05, 3.63) is 0 Å². The summed E-state index contributed by atoms with van der Waals surface area (Å²) in [6.45, 7) is 3.61. The van der Waals surface area contributed by atoms with Crippen LogP contribution < -0.4 is 5.32 Å². The first-order chi connectivity index (χ1) is 6.66. The molecule has 0 saturated carbocycles. The minimum absolute atomic E-state index is 0.0270. The molecule has 0 spiro atoms. The zero-order chi connectivity index (χ0) is 12.1. The molecule has 0 heterocycles. The van der Waals surface area contributed by atoms with Gasteiger partial charge in [-0.3, -0.25) is 0 Å². The van der Waals surface area contributed by atoms with Gasteiger partial charge in [0.1, 0.15) is 9.84 Å². The van der Waals surface area contributed by atoms with Crippen LogP contribution in [0.5, 0.6) is 0 Å². The molecule has 0 bridgehead atoms. The van der Waals surface area contributed by atoms with E-state index in [1.807, 2.05) is 0 Å². The molecule has 0 aliphatic rings. The van der Waals surface area contributed by atoms with Crippen LogP contribution in [-0.4, -0.2) is 52.9 Å². The summed E-state index contributed by atoms with van der Waals surface area (Å²) < 4.78 is 44.0. The molecule has 0 radical (unpaired) electrons. The van der Waals surface area contributed by atoms with Crippen LogP contribution in [0.3, 0.4) is 0 Å². The molecule has 7 heteroatoms. The highest BCUT2D eigenvalue weighted by Gasteiger charge is 2.11. The summed E-state index contributed by atoms with van der Waals surface area (Å²) in [5.74, 6) is 0.200. The van der Waals surface area contributed by atoms with Gasteiger partial charge >= 0.3 is 0 Å². The Morgan fingerprint density at radius 3 is 2.13 bits per heavy atom. The Balaban J connectivity index is 3.89. The van der Waals surface area contributed by atoms with Crippen molar-refractivity contribution >= 4 is 19.7 Å². The fourth-order valence-corrected chi connectivity index (χ4v) is 2.86. The van der Waals surface area contributed by atoms with E-state index in [-0.39, 0.29) is 23.3 Å². The summed E-state index contributed by atoms with van der Waals surface area (Å²) >= 11 is 0. The van der Waals surface area contributed by atoms with Gasteiger partial charge in [-0.25, -0.2) is 16.8 Å². The maximum Gasteiger partial charge on any atom is 0.151 e. The number of nitrogens with one attached hydrogen (secondary N) is 1. The third-order valence-electron chi connectivity index (χ3n) is 1.90. The Morgan fingerprint density at radius 2 is 1.73 bits per heavy atom. The quantitative estimate of drug-likeness (QED) is 0.661. The van der Waals surface area contributed by atoms with E-state index in [2.05, 4.69) is 5.32 Å². The highest BCUT2D eigenvalue weighted by atomic mass is 32.2. The molecular formula is C8H19NO4S2. The second-order valence-corrected chi connectivity index (χ2v) is 8.34. The Kier molecular flexibility index (Phi) is 5.76. The molecule has 0 fully saturated rings. The molecule has 92 valence electrons. The van der Waals surface area contributed by atoms with Crippen molar-refractivity contribution in [2.24, 2.45) is 0 Å². The first-order valence-corrected chi connectivity index (χ1v) is 8.66. The molecule has 5 nitrogen and oxygen atoms in total. The van der Waals surface area contributed by atoms with Gasteiger partial charge in [0.2, 0.25) is 0 Å². The summed E-state index contributed by atoms with van der Waals surface area (Å²) in [7, 11) is -5.98. The fraction of sp³-hybridized carbons (Fsp3) is 1.00. The predicted octanol–water partition coefficient (Wildman–Crippen LogP) is -0.556. The molecule has 0 aromatic carbocycles. The van der Waals surface area contributed by atoms with Gasteiger partial charge in [-0.15, -0.1) is 0 Å². The summed E-state index contributed by atoms with van der Waals surface area (Å²) in [5, 5.41) is 2.87. The monoisotopic (exact) mass is 257 g/mol. The van der Waals surface area contributed by atoms with E-state index in [0.29, 0.717) is 6.54 Å². The van der Waals surface area contributed by atoms with Gasteiger partial charge in [0.15, 0.2) is 9.84 Å². The van der Waals surface area contributed by atoms with Gasteiger partial charge in [0, 0.05) is 24.6 Å². The van der Waals surface area contributed by atoms with E-state index in [1.165, 1.54) is 0 Å². The van der Waals surface area contributed by atoms with Crippen LogP contribution in [0.15, 0.2) is 0 Å². The first-order valence-electron chi connectivity index (χ1n) is 4.78. The fourth-order valence-electron chi connectivity index (χ4n) is 1.12. The minimum Gasteiger partial charge on any atom is -0.312 e. The van der Waals surface area contributed by atoms with E-state index in [4.69, 9.17) is 0 Å². The Labute approximate surface area is 92.1 Å². The number of hydrogen-bond donors (Lipinski definition) is 1. The van der Waals surface area contributed by atoms with E-state index in [0.717, 1.165) is 6.26 Å². The topological polar surface area (TPSA) is 80.3 Å². The second kappa shape index (κ2) is 5.81. The zero-order valence-electron chi connectivity index (χ0n) is 9.36. The van der Waals surface area contributed by atoms with Gasteiger partial charge in [-0.1, -0.05) is 6.92 Å². The van der Waals surface area contributed by atoms with Crippen LogP contribution in [0.1, 0.15) is 13.8 Å². The third-order valence-corrected chi connectivity index (χ3v) is 4.71. The first kappa shape index (κ1) is 14.9. The number of hydrogen-bond acceptors (Lipinski definition) is 5. The average molecular weight is 257 g/mol. The molecule has 0 aromatic rings. The van der Waals surface area contributed by atoms with E-state index in [1.54, 1.807) is 13.8 Å². The van der Waals surface area contributed by atoms with Gasteiger partial charge in [0.05, 0.1) is 11.5 Å². The van der Waals surface area contributed by atoms with Crippen molar-refractivity contribution in [3.8, 4) is 0 Å². The van der Waals surface area contributed by atoms with Crippen molar-refractivity contribution in [3.63, 3.8) is 0 Å². The molecule has 1 unspecified atom stereocenters. The average Bonchev–Trinajstić information content (AvgIpc) is 2.00. The lowest BCUT2D eigenvalue weighted by Gasteiger charge is -2.12. The lowest BCUT2D eigenvalue weighted by molar-refractivity contribution is 0.564. The maximum atomic E-state index is 11.1. The van der Waals surface area contributed by atoms with Crippen molar-refractivity contribution in [1.82, 2.24) is 5.32 Å². The molecular weight excluding hydrogens is 238 g/mol. The van der Waals surface area contributed by atoms with Gasteiger partial charge < -0.3 is 5.32 Å². The van der Waals surface area contributed by atoms with Gasteiger partial charge in [-0.05, 0) is 6.92 Å². The molecule has 1 N–H and O–H groups in total. The standard InChI is InChI=1S/C8H19NO4S2/c1-4-15(12,13)6-5-9-8(2)7-14(3,10)11/h8-9H,4-7H2,1-3H3. The summed E-state index contributed by atoms with van der Waals surface area (Å²) in [5.41, 5.74) is 0. The zero-order valence-corrected chi connectivity index (χ0v) is 11.0. The van der Waals surface area contributed by atoms with Crippen molar-refractivity contribution < 1.29 is 16.8 Å². The number of sulfone groups is 2. The molecule has 0 saturated heterocycles. The molecule has 1 atom stereocenters. The molecule has 0 aliphatic carbocycles. The lowest BCUT2D eigenvalue weighted by atomic mass is 10.4. The van der Waals surface area contributed by atoms with Gasteiger partial charge in [-0.2, -0.15) is 0 Å². The normalized spacial score (nSPS) is 15.1. The number of rotatable bonds is 7. The summed E-state index contributed by atoms with van der Waals surface area (Å²) in [4.78, 5) is 0. The van der Waals surface area contributed by atoms with Crippen LogP contribution in [0, 0.1) is 0 Å². The Morgan fingerprint density at radius 1 is 1.20 bits per heavy atom. The van der Waals surface area contributed by atoms with E-state index < -0.39 is 19.7 Å². The van der Waals surface area contributed by atoms with Crippen molar-refractivity contribution in [2.45, 2.75) is 19.9 Å². The Bertz CT molecular complexity index is 371. The van der Waals surface area contributed by atoms with Crippen molar-refractivity contribution in [1.29, 1.82) is 0 Å². The minimum atomic E-state index is -3.01. The SMILES string of the molecule is CCS(=O)(=O)CCNC(C)CS(C)(=O)=O. The molecule has 0 amide bonds. The van der Waals surface area contributed by atoms with E-state index in [9.17, 15) is 16.8 Å². The van der Waals surface area contributed by atoms with Crippen molar-refractivity contribution in [2.75, 3.05) is 30.1 Å². The molecule has 15 heavy (non-hydrogen) atoms. The maximum absolute atomic E-state index is 11.1. The highest BCUT2D eigenvalue weighted by Crippen LogP contribution is 1.92. The Hall–Kier alpha value is -0.140. The largest absolute Gasteiger partial charge is 0.312 e. The third kappa shape index (κ3) is 8.83. The summed E-state index contributed by atoms with van der Waals surface area (Å²) in [6, 6.07) is -0.216. The highest BCUT2D eigenvalue weighted by molar-refractivity contribution is 7.91. The second-order valence-electron chi connectivity index (χ2n) is 3.68. The van der Waals surface area contributed by atoms with Gasteiger partial charge in [0.25, 0.3) is 0 Å².